The van der Waals surface area contributed by atoms with Crippen molar-refractivity contribution in [3.8, 4) is 0 Å². The maximum absolute atomic E-state index is 11.1. The summed E-state index contributed by atoms with van der Waals surface area (Å²) in [5, 5.41) is 9.10. The molecule has 1 aromatic carbocycles. The summed E-state index contributed by atoms with van der Waals surface area (Å²) in [4.78, 5) is 13.2. The lowest BCUT2D eigenvalue weighted by Gasteiger charge is -2.20. The average molecular weight is 247 g/mol. The molecule has 1 fully saturated rings. The molecule has 18 heavy (non-hydrogen) atoms. The third kappa shape index (κ3) is 3.10. The molecule has 0 unspecified atom stereocenters. The number of carboxylic acids is 1. The topological polar surface area (TPSA) is 40.5 Å². The first-order valence-corrected chi connectivity index (χ1v) is 6.70. The Bertz CT molecular complexity index is 417. The molecular formula is C15H21NO2. The molecule has 0 bridgehead atoms. The third-order valence-electron chi connectivity index (χ3n) is 3.80. The second-order valence-electron chi connectivity index (χ2n) is 5.06. The van der Waals surface area contributed by atoms with E-state index in [2.05, 4.69) is 36.1 Å². The highest BCUT2D eigenvalue weighted by Crippen LogP contribution is 2.18. The number of carboxylic acid groups (broad SMARTS) is 1. The number of aliphatic carboxylic acids is 1. The predicted octanol–water partition coefficient (Wildman–Crippen LogP) is 2.48. The number of rotatable bonds is 5. The van der Waals surface area contributed by atoms with Crippen LogP contribution in [0.3, 0.4) is 0 Å². The lowest BCUT2D eigenvalue weighted by Crippen LogP contribution is -2.36. The first-order valence-electron chi connectivity index (χ1n) is 6.70. The van der Waals surface area contributed by atoms with E-state index in [4.69, 9.17) is 5.11 Å². The van der Waals surface area contributed by atoms with E-state index in [1.807, 2.05) is 0 Å². The number of nitrogens with zero attached hydrogens (tertiary/aromatic N) is 1. The number of aryl methyl sites for hydroxylation is 2. The highest BCUT2D eigenvalue weighted by Gasteiger charge is 2.29. The van der Waals surface area contributed by atoms with Crippen LogP contribution in [0.2, 0.25) is 0 Å². The Balaban J connectivity index is 1.82. The fraction of sp³-hybridized carbons (Fsp3) is 0.533. The minimum atomic E-state index is -0.664. The Labute approximate surface area is 108 Å². The standard InChI is InChI=1S/C15H21NO2/c1-12-6-2-3-7-13(12)8-4-10-16-11-5-9-14(16)15(17)18/h2-3,6-7,14H,4-5,8-11H2,1H3,(H,17,18)/t14-/m1/s1. The van der Waals surface area contributed by atoms with Crippen LogP contribution in [0.4, 0.5) is 0 Å². The van der Waals surface area contributed by atoms with Crippen molar-refractivity contribution in [3.05, 3.63) is 35.4 Å². The summed E-state index contributed by atoms with van der Waals surface area (Å²) >= 11 is 0. The molecule has 1 aliphatic heterocycles. The number of benzene rings is 1. The number of likely N-dealkylation sites (tertiary alicyclic amines) is 1. The van der Waals surface area contributed by atoms with E-state index in [0.29, 0.717) is 0 Å². The van der Waals surface area contributed by atoms with Gasteiger partial charge in [0.25, 0.3) is 0 Å². The van der Waals surface area contributed by atoms with Crippen LogP contribution in [0, 0.1) is 6.92 Å². The molecule has 0 spiro atoms. The molecule has 1 aromatic rings. The molecule has 98 valence electrons. The van der Waals surface area contributed by atoms with Crippen LogP contribution in [-0.4, -0.2) is 35.1 Å². The summed E-state index contributed by atoms with van der Waals surface area (Å²) in [6.07, 6.45) is 3.89. The van der Waals surface area contributed by atoms with Gasteiger partial charge in [0.1, 0.15) is 6.04 Å². The first-order chi connectivity index (χ1) is 8.68. The van der Waals surface area contributed by atoms with Crippen LogP contribution in [-0.2, 0) is 11.2 Å². The molecule has 3 heteroatoms. The van der Waals surface area contributed by atoms with E-state index in [1.165, 1.54) is 11.1 Å². The molecule has 2 rings (SSSR count). The Morgan fingerprint density at radius 3 is 2.94 bits per heavy atom. The summed E-state index contributed by atoms with van der Waals surface area (Å²) < 4.78 is 0. The Morgan fingerprint density at radius 2 is 2.22 bits per heavy atom. The smallest absolute Gasteiger partial charge is 0.320 e. The minimum Gasteiger partial charge on any atom is -0.480 e. The van der Waals surface area contributed by atoms with Crippen molar-refractivity contribution in [1.82, 2.24) is 4.90 Å². The molecule has 0 aliphatic carbocycles. The van der Waals surface area contributed by atoms with Crippen LogP contribution in [0.5, 0.6) is 0 Å². The lowest BCUT2D eigenvalue weighted by atomic mass is 10.0. The van der Waals surface area contributed by atoms with Crippen LogP contribution in [0.25, 0.3) is 0 Å². The number of hydrogen-bond acceptors (Lipinski definition) is 2. The zero-order chi connectivity index (χ0) is 13.0. The molecule has 1 atom stereocenters. The fourth-order valence-electron chi connectivity index (χ4n) is 2.74. The van der Waals surface area contributed by atoms with Gasteiger partial charge in [-0.3, -0.25) is 9.69 Å². The van der Waals surface area contributed by atoms with Crippen LogP contribution in [0.15, 0.2) is 24.3 Å². The van der Waals surface area contributed by atoms with Crippen LogP contribution in [0.1, 0.15) is 30.4 Å². The first kappa shape index (κ1) is 13.1. The average Bonchev–Trinajstić information content (AvgIpc) is 2.80. The van der Waals surface area contributed by atoms with E-state index in [9.17, 15) is 4.79 Å². The van der Waals surface area contributed by atoms with Gasteiger partial charge >= 0.3 is 5.97 Å². The van der Waals surface area contributed by atoms with Crippen molar-refractivity contribution in [3.63, 3.8) is 0 Å². The molecule has 0 radical (unpaired) electrons. The van der Waals surface area contributed by atoms with Gasteiger partial charge in [-0.05, 0) is 56.8 Å². The third-order valence-corrected chi connectivity index (χ3v) is 3.80. The second kappa shape index (κ2) is 6.01. The molecule has 1 aliphatic rings. The number of carbonyl (C=O) groups is 1. The van der Waals surface area contributed by atoms with E-state index in [0.717, 1.165) is 38.8 Å². The zero-order valence-electron chi connectivity index (χ0n) is 10.9. The summed E-state index contributed by atoms with van der Waals surface area (Å²) in [7, 11) is 0. The van der Waals surface area contributed by atoms with Crippen molar-refractivity contribution < 1.29 is 9.90 Å². The van der Waals surface area contributed by atoms with E-state index < -0.39 is 5.97 Å². The van der Waals surface area contributed by atoms with E-state index >= 15 is 0 Å². The quantitative estimate of drug-likeness (QED) is 0.869. The van der Waals surface area contributed by atoms with Crippen molar-refractivity contribution in [2.24, 2.45) is 0 Å². The van der Waals surface area contributed by atoms with E-state index in [1.54, 1.807) is 0 Å². The Kier molecular flexibility index (Phi) is 4.37. The second-order valence-corrected chi connectivity index (χ2v) is 5.06. The molecule has 3 nitrogen and oxygen atoms in total. The largest absolute Gasteiger partial charge is 0.480 e. The van der Waals surface area contributed by atoms with Gasteiger partial charge in [0.15, 0.2) is 0 Å². The molecule has 1 heterocycles. The molecule has 0 saturated carbocycles. The molecule has 0 amide bonds. The van der Waals surface area contributed by atoms with Crippen molar-refractivity contribution in [2.45, 2.75) is 38.6 Å². The SMILES string of the molecule is Cc1ccccc1CCCN1CCC[C@@H]1C(=O)O. The van der Waals surface area contributed by atoms with Gasteiger partial charge in [-0.2, -0.15) is 0 Å². The summed E-state index contributed by atoms with van der Waals surface area (Å²) in [5.41, 5.74) is 2.71. The Morgan fingerprint density at radius 1 is 1.44 bits per heavy atom. The van der Waals surface area contributed by atoms with Gasteiger partial charge in [0, 0.05) is 0 Å². The van der Waals surface area contributed by atoms with Crippen LogP contribution < -0.4 is 0 Å². The van der Waals surface area contributed by atoms with Crippen LogP contribution >= 0.6 is 0 Å². The van der Waals surface area contributed by atoms with Crippen molar-refractivity contribution in [1.29, 1.82) is 0 Å². The predicted molar refractivity (Wildman–Crippen MR) is 71.7 cm³/mol. The van der Waals surface area contributed by atoms with Gasteiger partial charge in [-0.25, -0.2) is 0 Å². The Hall–Kier alpha value is -1.35. The highest BCUT2D eigenvalue weighted by molar-refractivity contribution is 5.73. The zero-order valence-corrected chi connectivity index (χ0v) is 10.9. The van der Waals surface area contributed by atoms with Crippen molar-refractivity contribution in [2.75, 3.05) is 13.1 Å². The summed E-state index contributed by atoms with van der Waals surface area (Å²) in [6.45, 7) is 3.96. The molecule has 1 saturated heterocycles. The lowest BCUT2D eigenvalue weighted by molar-refractivity contribution is -0.142. The minimum absolute atomic E-state index is 0.248. The highest BCUT2D eigenvalue weighted by atomic mass is 16.4. The fourth-order valence-corrected chi connectivity index (χ4v) is 2.74. The maximum Gasteiger partial charge on any atom is 0.320 e. The summed E-state index contributed by atoms with van der Waals surface area (Å²) in [6, 6.07) is 8.17. The summed E-state index contributed by atoms with van der Waals surface area (Å²) in [5.74, 6) is -0.664. The van der Waals surface area contributed by atoms with Gasteiger partial charge in [0.2, 0.25) is 0 Å². The van der Waals surface area contributed by atoms with Gasteiger partial charge in [-0.1, -0.05) is 24.3 Å². The number of hydrogen-bond donors (Lipinski definition) is 1. The van der Waals surface area contributed by atoms with Gasteiger partial charge < -0.3 is 5.11 Å². The van der Waals surface area contributed by atoms with Gasteiger partial charge in [-0.15, -0.1) is 0 Å². The van der Waals surface area contributed by atoms with E-state index in [-0.39, 0.29) is 6.04 Å². The molecule has 0 aromatic heterocycles. The molecular weight excluding hydrogens is 226 g/mol. The monoisotopic (exact) mass is 247 g/mol. The maximum atomic E-state index is 11.1. The normalized spacial score (nSPS) is 20.2. The van der Waals surface area contributed by atoms with Crippen molar-refractivity contribution >= 4 is 5.97 Å². The molecule has 1 N–H and O–H groups in total. The van der Waals surface area contributed by atoms with Gasteiger partial charge in [0.05, 0.1) is 0 Å².